The van der Waals surface area contributed by atoms with E-state index in [-0.39, 0.29) is 42.7 Å². The molecule has 1 aromatic carbocycles. The number of amides is 1. The van der Waals surface area contributed by atoms with Gasteiger partial charge in [-0.05, 0) is 31.5 Å². The molecule has 126 valence electrons. The monoisotopic (exact) mass is 347 g/mol. The molecule has 0 aliphatic carbocycles. The molecule has 1 aromatic rings. The Morgan fingerprint density at radius 1 is 1.14 bits per heavy atom. The third-order valence-electron chi connectivity index (χ3n) is 4.14. The van der Waals surface area contributed by atoms with E-state index >= 15 is 0 Å². The highest BCUT2D eigenvalue weighted by atomic mass is 35.5. The lowest BCUT2D eigenvalue weighted by molar-refractivity contribution is -0.135. The Morgan fingerprint density at radius 2 is 1.73 bits per heavy atom. The zero-order chi connectivity index (χ0) is 14.7. The highest BCUT2D eigenvalue weighted by Crippen LogP contribution is 2.18. The number of nitrogens with zero attached hydrogens (tertiary/aromatic N) is 2. The van der Waals surface area contributed by atoms with Gasteiger partial charge in [0.1, 0.15) is 0 Å². The first-order valence-electron chi connectivity index (χ1n) is 7.35. The zero-order valence-corrected chi connectivity index (χ0v) is 15.1. The predicted molar refractivity (Wildman–Crippen MR) is 97.3 cm³/mol. The summed E-state index contributed by atoms with van der Waals surface area (Å²) in [4.78, 5) is 16.5. The van der Waals surface area contributed by atoms with Gasteiger partial charge in [-0.3, -0.25) is 4.79 Å². The van der Waals surface area contributed by atoms with Crippen LogP contribution in [0.1, 0.15) is 19.4 Å². The van der Waals surface area contributed by atoms with Gasteiger partial charge in [0.2, 0.25) is 5.91 Å². The molecule has 1 heterocycles. The molecule has 1 amide bonds. The number of nitrogens with two attached hydrogens (primary N) is 1. The van der Waals surface area contributed by atoms with Gasteiger partial charge in [-0.15, -0.1) is 24.8 Å². The molecule has 6 heteroatoms. The number of carbonyl (C=O) groups excluding carboxylic acids is 1. The number of carbonyl (C=O) groups is 1. The van der Waals surface area contributed by atoms with E-state index in [4.69, 9.17) is 5.73 Å². The topological polar surface area (TPSA) is 49.6 Å². The van der Waals surface area contributed by atoms with Gasteiger partial charge in [-0.2, -0.15) is 0 Å². The van der Waals surface area contributed by atoms with E-state index in [1.807, 2.05) is 18.7 Å². The summed E-state index contributed by atoms with van der Waals surface area (Å²) in [5.74, 6) is 0.0874. The van der Waals surface area contributed by atoms with Gasteiger partial charge in [0.05, 0.1) is 5.92 Å². The van der Waals surface area contributed by atoms with Gasteiger partial charge in [0.25, 0.3) is 0 Å². The minimum atomic E-state index is -0.0967. The molecule has 0 saturated carbocycles. The number of rotatable bonds is 3. The molecule has 0 aromatic heterocycles. The molecule has 0 radical (unpaired) electrons. The average molecular weight is 348 g/mol. The highest BCUT2D eigenvalue weighted by molar-refractivity contribution is 5.85. The maximum absolute atomic E-state index is 12.3. The summed E-state index contributed by atoms with van der Waals surface area (Å²) in [6, 6.07) is 8.43. The Balaban J connectivity index is 0.00000220. The third-order valence-corrected chi connectivity index (χ3v) is 4.14. The number of halogens is 2. The number of piperazine rings is 1. The van der Waals surface area contributed by atoms with Crippen LogP contribution in [-0.2, 0) is 4.79 Å². The summed E-state index contributed by atoms with van der Waals surface area (Å²) in [5.41, 5.74) is 8.34. The van der Waals surface area contributed by atoms with Gasteiger partial charge >= 0.3 is 0 Å². The summed E-state index contributed by atoms with van der Waals surface area (Å²) in [6.07, 6.45) is 0. The smallest absolute Gasteiger partial charge is 0.227 e. The summed E-state index contributed by atoms with van der Waals surface area (Å²) in [6.45, 7) is 9.26. The second-order valence-electron chi connectivity index (χ2n) is 5.80. The fraction of sp³-hybridized carbons (Fsp3) is 0.562. The molecule has 1 saturated heterocycles. The third kappa shape index (κ3) is 5.04. The van der Waals surface area contributed by atoms with Crippen molar-refractivity contribution in [1.82, 2.24) is 4.90 Å². The van der Waals surface area contributed by atoms with Crippen LogP contribution in [-0.4, -0.2) is 43.0 Å². The van der Waals surface area contributed by atoms with E-state index in [2.05, 4.69) is 36.1 Å². The van der Waals surface area contributed by atoms with Crippen LogP contribution >= 0.6 is 24.8 Å². The number of anilines is 1. The van der Waals surface area contributed by atoms with E-state index in [1.165, 1.54) is 11.3 Å². The molecule has 22 heavy (non-hydrogen) atoms. The Labute approximate surface area is 145 Å². The lowest BCUT2D eigenvalue weighted by atomic mass is 10.0. The van der Waals surface area contributed by atoms with Crippen molar-refractivity contribution >= 4 is 36.4 Å². The van der Waals surface area contributed by atoms with Crippen molar-refractivity contribution < 1.29 is 4.79 Å². The molecular formula is C16H27Cl2N3O. The number of hydrogen-bond acceptors (Lipinski definition) is 3. The van der Waals surface area contributed by atoms with Crippen molar-refractivity contribution in [3.05, 3.63) is 29.8 Å². The lowest BCUT2D eigenvalue weighted by Gasteiger charge is -2.37. The van der Waals surface area contributed by atoms with E-state index in [9.17, 15) is 4.79 Å². The van der Waals surface area contributed by atoms with Crippen molar-refractivity contribution in [2.45, 2.75) is 26.8 Å². The maximum atomic E-state index is 12.3. The largest absolute Gasteiger partial charge is 0.368 e. The molecule has 0 spiro atoms. The summed E-state index contributed by atoms with van der Waals surface area (Å²) in [7, 11) is 0. The van der Waals surface area contributed by atoms with E-state index in [0.29, 0.717) is 0 Å². The van der Waals surface area contributed by atoms with Gasteiger partial charge < -0.3 is 15.5 Å². The van der Waals surface area contributed by atoms with Gasteiger partial charge in [0.15, 0.2) is 0 Å². The SMILES string of the molecule is Cc1cccc(N2CCN(C(=O)C(C)C(C)N)CC2)c1.Cl.Cl. The van der Waals surface area contributed by atoms with Crippen molar-refractivity contribution in [2.24, 2.45) is 11.7 Å². The van der Waals surface area contributed by atoms with E-state index < -0.39 is 0 Å². The molecule has 2 rings (SSSR count). The second-order valence-corrected chi connectivity index (χ2v) is 5.80. The van der Waals surface area contributed by atoms with E-state index in [1.54, 1.807) is 0 Å². The van der Waals surface area contributed by atoms with Gasteiger partial charge in [-0.25, -0.2) is 0 Å². The van der Waals surface area contributed by atoms with Gasteiger partial charge in [-0.1, -0.05) is 19.1 Å². The first-order chi connectivity index (χ1) is 9.49. The molecule has 2 N–H and O–H groups in total. The van der Waals surface area contributed by atoms with Crippen LogP contribution in [0.2, 0.25) is 0 Å². The maximum Gasteiger partial charge on any atom is 0.227 e. The fourth-order valence-electron chi connectivity index (χ4n) is 2.52. The predicted octanol–water partition coefficient (Wildman–Crippen LogP) is 2.47. The van der Waals surface area contributed by atoms with Crippen molar-refractivity contribution in [1.29, 1.82) is 0 Å². The van der Waals surface area contributed by atoms with Crippen LogP contribution in [0, 0.1) is 12.8 Å². The zero-order valence-electron chi connectivity index (χ0n) is 13.5. The Kier molecular flexibility index (Phi) is 8.83. The second kappa shape index (κ2) is 9.23. The van der Waals surface area contributed by atoms with Crippen molar-refractivity contribution in [2.75, 3.05) is 31.1 Å². The van der Waals surface area contributed by atoms with E-state index in [0.717, 1.165) is 26.2 Å². The number of benzene rings is 1. The summed E-state index contributed by atoms with van der Waals surface area (Å²) >= 11 is 0. The quantitative estimate of drug-likeness (QED) is 0.913. The molecule has 1 aliphatic heterocycles. The highest BCUT2D eigenvalue weighted by Gasteiger charge is 2.26. The molecule has 4 nitrogen and oxygen atoms in total. The fourth-order valence-corrected chi connectivity index (χ4v) is 2.52. The van der Waals surface area contributed by atoms with Gasteiger partial charge in [0, 0.05) is 37.9 Å². The van der Waals surface area contributed by atoms with Crippen molar-refractivity contribution in [3.8, 4) is 0 Å². The molecule has 2 atom stereocenters. The number of hydrogen-bond donors (Lipinski definition) is 1. The molecular weight excluding hydrogens is 321 g/mol. The first kappa shape index (κ1) is 21.0. The molecule has 1 fully saturated rings. The standard InChI is InChI=1S/C16H25N3O.2ClH/c1-12-5-4-6-15(11-12)18-7-9-19(10-8-18)16(20)13(2)14(3)17;;/h4-6,11,13-14H,7-10,17H2,1-3H3;2*1H. The Morgan fingerprint density at radius 3 is 2.23 bits per heavy atom. The summed E-state index contributed by atoms with van der Waals surface area (Å²) < 4.78 is 0. The van der Waals surface area contributed by atoms with Crippen LogP contribution < -0.4 is 10.6 Å². The van der Waals surface area contributed by atoms with Crippen LogP contribution in [0.5, 0.6) is 0 Å². The molecule has 2 unspecified atom stereocenters. The Hall–Kier alpha value is -0.970. The number of aryl methyl sites for hydroxylation is 1. The van der Waals surface area contributed by atoms with Crippen LogP contribution in [0.3, 0.4) is 0 Å². The first-order valence-corrected chi connectivity index (χ1v) is 7.35. The van der Waals surface area contributed by atoms with Crippen molar-refractivity contribution in [3.63, 3.8) is 0 Å². The minimum absolute atomic E-state index is 0. The Bertz CT molecular complexity index is 474. The normalized spacial score (nSPS) is 17.1. The molecule has 1 aliphatic rings. The molecule has 0 bridgehead atoms. The summed E-state index contributed by atoms with van der Waals surface area (Å²) in [5, 5.41) is 0. The van der Waals surface area contributed by atoms with Crippen LogP contribution in [0.15, 0.2) is 24.3 Å². The van der Waals surface area contributed by atoms with Crippen LogP contribution in [0.25, 0.3) is 0 Å². The average Bonchev–Trinajstić information content (AvgIpc) is 2.46. The lowest BCUT2D eigenvalue weighted by Crippen LogP contribution is -2.52. The van der Waals surface area contributed by atoms with Crippen LogP contribution in [0.4, 0.5) is 5.69 Å². The minimum Gasteiger partial charge on any atom is -0.368 e.